The monoisotopic (exact) mass is 441 g/mol. The maximum atomic E-state index is 13.6. The van der Waals surface area contributed by atoms with E-state index in [1.165, 1.54) is 6.26 Å². The molecule has 5 rings (SSSR count). The zero-order valence-electron chi connectivity index (χ0n) is 18.4. The summed E-state index contributed by atoms with van der Waals surface area (Å²) in [7, 11) is 1.96. The van der Waals surface area contributed by atoms with Gasteiger partial charge in [-0.15, -0.1) is 0 Å². The molecule has 0 fully saturated rings. The van der Waals surface area contributed by atoms with Crippen LogP contribution >= 0.6 is 0 Å². The quantitative estimate of drug-likeness (QED) is 0.511. The lowest BCUT2D eigenvalue weighted by Gasteiger charge is -2.23. The highest BCUT2D eigenvalue weighted by Crippen LogP contribution is 2.31. The molecule has 8 heteroatoms. The Hall–Kier alpha value is -4.20. The van der Waals surface area contributed by atoms with Crippen molar-refractivity contribution in [2.45, 2.75) is 13.3 Å². The zero-order valence-corrected chi connectivity index (χ0v) is 18.4. The second-order valence-corrected chi connectivity index (χ2v) is 8.05. The minimum Gasteiger partial charge on any atom is -0.459 e. The predicted molar refractivity (Wildman–Crippen MR) is 127 cm³/mol. The topological polar surface area (TPSA) is 91.6 Å². The highest BCUT2D eigenvalue weighted by Gasteiger charge is 2.28. The van der Waals surface area contributed by atoms with Crippen molar-refractivity contribution in [1.29, 1.82) is 0 Å². The molecule has 0 bridgehead atoms. The number of nitrogens with zero attached hydrogens (tertiary/aromatic N) is 4. The number of benzene rings is 2. The Morgan fingerprint density at radius 1 is 0.970 bits per heavy atom. The van der Waals surface area contributed by atoms with Gasteiger partial charge in [0.25, 0.3) is 11.8 Å². The van der Waals surface area contributed by atoms with Crippen molar-refractivity contribution in [3.05, 3.63) is 77.7 Å². The summed E-state index contributed by atoms with van der Waals surface area (Å²) in [6.07, 6.45) is 2.23. The molecule has 1 aliphatic heterocycles. The highest BCUT2D eigenvalue weighted by atomic mass is 16.3. The fourth-order valence-corrected chi connectivity index (χ4v) is 3.93. The molecule has 0 atom stereocenters. The Bertz CT molecular complexity index is 1350. The van der Waals surface area contributed by atoms with Gasteiger partial charge in [-0.05, 0) is 55.3 Å². The maximum absolute atomic E-state index is 13.6. The van der Waals surface area contributed by atoms with Crippen LogP contribution in [0.5, 0.6) is 0 Å². The number of rotatable bonds is 3. The van der Waals surface area contributed by atoms with Crippen molar-refractivity contribution in [3.63, 3.8) is 0 Å². The number of aromatic nitrogens is 2. The predicted octanol–water partition coefficient (Wildman–Crippen LogP) is 4.27. The normalized spacial score (nSPS) is 13.5. The Morgan fingerprint density at radius 2 is 1.73 bits per heavy atom. The molecule has 33 heavy (non-hydrogen) atoms. The molecule has 2 aromatic carbocycles. The third kappa shape index (κ3) is 3.91. The summed E-state index contributed by atoms with van der Waals surface area (Å²) in [6.45, 7) is 3.16. The third-order valence-corrected chi connectivity index (χ3v) is 5.75. The van der Waals surface area contributed by atoms with Crippen LogP contribution in [0.15, 0.2) is 65.3 Å². The van der Waals surface area contributed by atoms with Gasteiger partial charge >= 0.3 is 0 Å². The van der Waals surface area contributed by atoms with Crippen LogP contribution in [0.25, 0.3) is 11.0 Å². The van der Waals surface area contributed by atoms with E-state index in [-0.39, 0.29) is 17.6 Å². The summed E-state index contributed by atoms with van der Waals surface area (Å²) >= 11 is 0. The number of amides is 2. The molecule has 0 saturated carbocycles. The molecule has 2 amide bonds. The van der Waals surface area contributed by atoms with Gasteiger partial charge in [0.1, 0.15) is 0 Å². The molecule has 0 unspecified atom stereocenters. The Balaban J connectivity index is 1.51. The summed E-state index contributed by atoms with van der Waals surface area (Å²) in [5.41, 5.74) is 3.38. The van der Waals surface area contributed by atoms with Crippen LogP contribution in [0.2, 0.25) is 0 Å². The van der Waals surface area contributed by atoms with Crippen LogP contribution in [-0.4, -0.2) is 41.9 Å². The Kier molecular flexibility index (Phi) is 5.26. The SMILES string of the molecule is Cc1ccc(C(=O)N2CCCN(C)c3nc4ccccc4nc32)cc1NC(=O)c1ccco1. The van der Waals surface area contributed by atoms with Gasteiger partial charge in [-0.2, -0.15) is 0 Å². The van der Waals surface area contributed by atoms with Gasteiger partial charge in [-0.1, -0.05) is 18.2 Å². The van der Waals surface area contributed by atoms with Crippen LogP contribution in [0.3, 0.4) is 0 Å². The van der Waals surface area contributed by atoms with Gasteiger partial charge in [-0.25, -0.2) is 9.97 Å². The van der Waals surface area contributed by atoms with Gasteiger partial charge in [0.2, 0.25) is 0 Å². The van der Waals surface area contributed by atoms with Gasteiger partial charge in [0, 0.05) is 31.4 Å². The summed E-state index contributed by atoms with van der Waals surface area (Å²) in [5.74, 6) is 0.868. The molecule has 0 radical (unpaired) electrons. The smallest absolute Gasteiger partial charge is 0.291 e. The lowest BCUT2D eigenvalue weighted by molar-refractivity contribution is 0.0980. The molecule has 0 aliphatic carbocycles. The number of hydrogen-bond acceptors (Lipinski definition) is 6. The largest absolute Gasteiger partial charge is 0.459 e. The fourth-order valence-electron chi connectivity index (χ4n) is 3.93. The summed E-state index contributed by atoms with van der Waals surface area (Å²) in [4.78, 5) is 39.4. The van der Waals surface area contributed by atoms with Crippen molar-refractivity contribution >= 4 is 40.2 Å². The molecule has 0 saturated heterocycles. The molecule has 1 N–H and O–H groups in total. The van der Waals surface area contributed by atoms with Crippen molar-refractivity contribution in [3.8, 4) is 0 Å². The van der Waals surface area contributed by atoms with E-state index >= 15 is 0 Å². The second-order valence-electron chi connectivity index (χ2n) is 8.05. The van der Waals surface area contributed by atoms with E-state index in [1.54, 1.807) is 29.2 Å². The number of fused-ring (bicyclic) bond motifs is 2. The first-order valence-corrected chi connectivity index (χ1v) is 10.8. The standard InChI is InChI=1S/C25H23N5O3/c1-16-10-11-17(15-20(16)28-24(31)21-9-5-14-33-21)25(32)30-13-6-12-29(2)22-23(30)27-19-8-4-3-7-18(19)26-22/h3-5,7-11,14-15H,6,12-13H2,1-2H3,(H,28,31). The third-order valence-electron chi connectivity index (χ3n) is 5.75. The molecular formula is C25H23N5O3. The number of carbonyl (C=O) groups excluding carboxylic acids is 2. The summed E-state index contributed by atoms with van der Waals surface area (Å²) in [6, 6.07) is 16.2. The number of para-hydroxylation sites is 2. The van der Waals surface area contributed by atoms with Crippen LogP contribution < -0.4 is 15.1 Å². The lowest BCUT2D eigenvalue weighted by atomic mass is 10.1. The Morgan fingerprint density at radius 3 is 2.45 bits per heavy atom. The van der Waals surface area contributed by atoms with Gasteiger partial charge in [-0.3, -0.25) is 14.5 Å². The van der Waals surface area contributed by atoms with Crippen LogP contribution in [0, 0.1) is 6.92 Å². The van der Waals surface area contributed by atoms with Crippen LogP contribution in [0.1, 0.15) is 32.9 Å². The number of anilines is 3. The van der Waals surface area contributed by atoms with Crippen molar-refractivity contribution < 1.29 is 14.0 Å². The molecular weight excluding hydrogens is 418 g/mol. The molecule has 0 spiro atoms. The average Bonchev–Trinajstić information content (AvgIpc) is 3.32. The fraction of sp³-hybridized carbons (Fsp3) is 0.200. The van der Waals surface area contributed by atoms with Gasteiger partial charge in [0.05, 0.1) is 17.3 Å². The molecule has 166 valence electrons. The molecule has 4 aromatic rings. The average molecular weight is 441 g/mol. The first-order chi connectivity index (χ1) is 16.0. The van der Waals surface area contributed by atoms with E-state index in [9.17, 15) is 9.59 Å². The summed E-state index contributed by atoms with van der Waals surface area (Å²) in [5, 5.41) is 2.83. The van der Waals surface area contributed by atoms with Gasteiger partial charge < -0.3 is 14.6 Å². The molecule has 8 nitrogen and oxygen atoms in total. The molecule has 1 aliphatic rings. The second kappa shape index (κ2) is 8.38. The first kappa shape index (κ1) is 20.7. The minimum absolute atomic E-state index is 0.190. The maximum Gasteiger partial charge on any atom is 0.291 e. The summed E-state index contributed by atoms with van der Waals surface area (Å²) < 4.78 is 5.17. The van der Waals surface area contributed by atoms with Crippen molar-refractivity contribution in [1.82, 2.24) is 9.97 Å². The van der Waals surface area contributed by atoms with Crippen molar-refractivity contribution in [2.75, 3.05) is 35.3 Å². The van der Waals surface area contributed by atoms with Gasteiger partial charge in [0.15, 0.2) is 17.4 Å². The van der Waals surface area contributed by atoms with E-state index in [4.69, 9.17) is 14.4 Å². The van der Waals surface area contributed by atoms with Crippen molar-refractivity contribution in [2.24, 2.45) is 0 Å². The van der Waals surface area contributed by atoms with E-state index < -0.39 is 0 Å². The number of furan rings is 1. The zero-order chi connectivity index (χ0) is 22.9. The number of aryl methyl sites for hydroxylation is 1. The van der Waals surface area contributed by atoms with E-state index in [0.717, 1.165) is 29.6 Å². The molecule has 3 heterocycles. The molecule has 2 aromatic heterocycles. The van der Waals surface area contributed by atoms with E-state index in [0.29, 0.717) is 29.4 Å². The lowest BCUT2D eigenvalue weighted by Crippen LogP contribution is -2.32. The number of hydrogen-bond donors (Lipinski definition) is 1. The Labute approximate surface area is 190 Å². The number of carbonyl (C=O) groups is 2. The van der Waals surface area contributed by atoms with E-state index in [1.807, 2.05) is 49.2 Å². The van der Waals surface area contributed by atoms with Crippen LogP contribution in [0.4, 0.5) is 17.3 Å². The van der Waals surface area contributed by atoms with E-state index in [2.05, 4.69) is 5.32 Å². The number of nitrogens with one attached hydrogen (secondary N) is 1. The minimum atomic E-state index is -0.369. The highest BCUT2D eigenvalue weighted by molar-refractivity contribution is 6.09. The first-order valence-electron chi connectivity index (χ1n) is 10.8. The van der Waals surface area contributed by atoms with Crippen LogP contribution in [-0.2, 0) is 0 Å².